The molecule has 0 bridgehead atoms. The van der Waals surface area contributed by atoms with Gasteiger partial charge in [0.25, 0.3) is 0 Å². The smallest absolute Gasteiger partial charge is 0.224 e. The number of benzene rings is 4. The van der Waals surface area contributed by atoms with Gasteiger partial charge in [-0.15, -0.1) is 0 Å². The predicted molar refractivity (Wildman–Crippen MR) is 253 cm³/mol. The molecule has 2 N–H and O–H groups in total. The van der Waals surface area contributed by atoms with E-state index >= 15 is 0 Å². The van der Waals surface area contributed by atoms with Gasteiger partial charge in [0, 0.05) is 47.4 Å². The van der Waals surface area contributed by atoms with Gasteiger partial charge in [0.15, 0.2) is 0 Å². The third kappa shape index (κ3) is 14.5. The Morgan fingerprint density at radius 3 is 1.24 bits per heavy atom. The fourth-order valence-electron chi connectivity index (χ4n) is 8.06. The van der Waals surface area contributed by atoms with Gasteiger partial charge in [0.2, 0.25) is 11.8 Å². The number of carbonyl (C=O) groups is 2. The van der Waals surface area contributed by atoms with Crippen LogP contribution < -0.4 is 20.1 Å². The average molecular weight is 936 g/mol. The second-order valence-corrected chi connectivity index (χ2v) is 17.2. The highest BCUT2D eigenvalue weighted by Crippen LogP contribution is 2.27. The molecule has 0 aliphatic carbocycles. The molecule has 14 heteroatoms. The summed E-state index contributed by atoms with van der Waals surface area (Å²) < 4.78 is 37.4. The van der Waals surface area contributed by atoms with E-state index in [1.165, 1.54) is 24.3 Å². The number of hydrogen-bond donors (Lipinski definition) is 2. The Kier molecular flexibility index (Phi) is 17.9. The van der Waals surface area contributed by atoms with Gasteiger partial charge in [-0.05, 0) is 160 Å². The third-order valence-corrected chi connectivity index (χ3v) is 12.3. The summed E-state index contributed by atoms with van der Waals surface area (Å²) in [5.74, 6) is 0.774. The lowest BCUT2D eigenvalue weighted by Gasteiger charge is -2.32. The van der Waals surface area contributed by atoms with Crippen molar-refractivity contribution >= 4 is 35.0 Å². The van der Waals surface area contributed by atoms with Crippen molar-refractivity contribution in [1.29, 1.82) is 0 Å². The summed E-state index contributed by atoms with van der Waals surface area (Å²) in [7, 11) is 0. The molecule has 66 heavy (non-hydrogen) atoms. The molecule has 2 aliphatic rings. The lowest BCUT2D eigenvalue weighted by molar-refractivity contribution is -0.127. The number of piperidine rings is 2. The van der Waals surface area contributed by atoms with Crippen LogP contribution in [0.5, 0.6) is 11.5 Å². The van der Waals surface area contributed by atoms with E-state index in [9.17, 15) is 18.4 Å². The van der Waals surface area contributed by atoms with Gasteiger partial charge in [0.1, 0.15) is 36.3 Å². The highest BCUT2D eigenvalue weighted by atomic mass is 35.5. The average Bonchev–Trinajstić information content (AvgIpc) is 3.35. The summed E-state index contributed by atoms with van der Waals surface area (Å²) in [4.78, 5) is 39.7. The summed E-state index contributed by atoms with van der Waals surface area (Å²) >= 11 is 12.1. The first kappa shape index (κ1) is 48.0. The minimum Gasteiger partial charge on any atom is -0.492 e. The lowest BCUT2D eigenvalue weighted by atomic mass is 9.94. The number of rotatable bonds is 16. The maximum absolute atomic E-state index is 13.1. The number of ether oxygens (including phenoxy) is 2. The van der Waals surface area contributed by atoms with Gasteiger partial charge in [-0.3, -0.25) is 29.4 Å². The third-order valence-electron chi connectivity index (χ3n) is 11.8. The standard InChI is InChI=1S/2C26H27ClFN3O2/c2*27-21-6-4-19(5-7-21)25(24-3-1-2-14-29-24)30-26(32)20-12-15-31(16-13-20)17-18-33-23-10-8-22(28)9-11-23/h2*1-11,14,20,25H,12-13,15-18H2,(H,30,32). The number of halogens is 4. The number of carbonyl (C=O) groups excluding carboxylic acids is 2. The molecular formula is C52H54Cl2F2N6O4. The molecule has 2 atom stereocenters. The van der Waals surface area contributed by atoms with Crippen LogP contribution in [0.25, 0.3) is 0 Å². The van der Waals surface area contributed by atoms with E-state index in [-0.39, 0.29) is 47.4 Å². The van der Waals surface area contributed by atoms with Crippen LogP contribution in [0.3, 0.4) is 0 Å². The van der Waals surface area contributed by atoms with E-state index in [1.807, 2.05) is 84.9 Å². The predicted octanol–water partition coefficient (Wildman–Crippen LogP) is 9.74. The van der Waals surface area contributed by atoms with Gasteiger partial charge in [-0.25, -0.2) is 8.78 Å². The first-order valence-corrected chi connectivity index (χ1v) is 23.1. The Labute approximate surface area is 395 Å². The number of amides is 2. The molecule has 2 aromatic heterocycles. The molecule has 2 unspecified atom stereocenters. The van der Waals surface area contributed by atoms with Gasteiger partial charge >= 0.3 is 0 Å². The highest BCUT2D eigenvalue weighted by molar-refractivity contribution is 6.30. The Morgan fingerprint density at radius 2 is 0.909 bits per heavy atom. The fourth-order valence-corrected chi connectivity index (χ4v) is 8.32. The van der Waals surface area contributed by atoms with Crippen LogP contribution in [-0.2, 0) is 9.59 Å². The largest absolute Gasteiger partial charge is 0.492 e. The molecule has 2 saturated heterocycles. The van der Waals surface area contributed by atoms with Crippen LogP contribution in [0, 0.1) is 23.5 Å². The SMILES string of the molecule is O=C(NC(c1ccc(Cl)cc1)c1ccccn1)C1CCN(CCOc2ccc(F)cc2)CC1.O=C(NC(c1ccc(Cl)cc1)c1ccccn1)C1CCN(CCOc2ccc(F)cc2)CC1. The van der Waals surface area contributed by atoms with Gasteiger partial charge in [-0.2, -0.15) is 0 Å². The number of pyridine rings is 2. The number of aromatic nitrogens is 2. The highest BCUT2D eigenvalue weighted by Gasteiger charge is 2.29. The summed E-state index contributed by atoms with van der Waals surface area (Å²) in [5, 5.41) is 7.72. The number of nitrogens with one attached hydrogen (secondary N) is 2. The summed E-state index contributed by atoms with van der Waals surface area (Å²) in [6.07, 6.45) is 6.62. The van der Waals surface area contributed by atoms with Gasteiger partial charge in [-0.1, -0.05) is 59.6 Å². The van der Waals surface area contributed by atoms with Crippen LogP contribution in [0.4, 0.5) is 8.78 Å². The molecule has 10 nitrogen and oxygen atoms in total. The second kappa shape index (κ2) is 24.6. The monoisotopic (exact) mass is 934 g/mol. The van der Waals surface area contributed by atoms with Crippen LogP contribution in [0.1, 0.15) is 60.3 Å². The Hall–Kier alpha value is -5.92. The topological polar surface area (TPSA) is 109 Å². The summed E-state index contributed by atoms with van der Waals surface area (Å²) in [6, 6.07) is 37.8. The molecule has 2 aliphatic heterocycles. The van der Waals surface area contributed by atoms with Crippen LogP contribution in [0.15, 0.2) is 146 Å². The fraction of sp³-hybridized carbons (Fsp3) is 0.308. The Balaban J connectivity index is 0.000000196. The van der Waals surface area contributed by atoms with Crippen LogP contribution in [0.2, 0.25) is 10.0 Å². The van der Waals surface area contributed by atoms with Crippen molar-refractivity contribution in [3.8, 4) is 11.5 Å². The van der Waals surface area contributed by atoms with Crippen molar-refractivity contribution in [2.45, 2.75) is 37.8 Å². The van der Waals surface area contributed by atoms with E-state index in [4.69, 9.17) is 32.7 Å². The van der Waals surface area contributed by atoms with Crippen molar-refractivity contribution < 1.29 is 27.8 Å². The molecule has 2 fully saturated rings. The van der Waals surface area contributed by atoms with E-state index in [0.717, 1.165) is 87.5 Å². The maximum Gasteiger partial charge on any atom is 0.224 e. The summed E-state index contributed by atoms with van der Waals surface area (Å²) in [6.45, 7) is 5.93. The van der Waals surface area contributed by atoms with E-state index < -0.39 is 0 Å². The molecule has 0 radical (unpaired) electrons. The zero-order chi connectivity index (χ0) is 46.1. The molecule has 0 spiro atoms. The minimum atomic E-state index is -0.321. The normalized spacial score (nSPS) is 15.7. The van der Waals surface area contributed by atoms with Crippen molar-refractivity contribution in [3.05, 3.63) is 190 Å². The van der Waals surface area contributed by atoms with Crippen molar-refractivity contribution in [1.82, 2.24) is 30.4 Å². The molecule has 344 valence electrons. The molecule has 8 rings (SSSR count). The zero-order valence-corrected chi connectivity index (χ0v) is 38.1. The number of nitrogens with zero attached hydrogens (tertiary/aromatic N) is 4. The van der Waals surface area contributed by atoms with E-state index in [2.05, 4.69) is 30.4 Å². The summed E-state index contributed by atoms with van der Waals surface area (Å²) in [5.41, 5.74) is 3.48. The molecule has 6 aromatic rings. The van der Waals surface area contributed by atoms with Crippen molar-refractivity contribution in [2.24, 2.45) is 11.8 Å². The van der Waals surface area contributed by atoms with Crippen molar-refractivity contribution in [2.75, 3.05) is 52.5 Å². The lowest BCUT2D eigenvalue weighted by Crippen LogP contribution is -2.42. The molecule has 4 heterocycles. The van der Waals surface area contributed by atoms with Crippen LogP contribution in [-0.4, -0.2) is 84.1 Å². The number of likely N-dealkylation sites (tertiary alicyclic amines) is 2. The van der Waals surface area contributed by atoms with E-state index in [0.29, 0.717) is 34.8 Å². The first-order chi connectivity index (χ1) is 32.2. The van der Waals surface area contributed by atoms with Crippen LogP contribution >= 0.6 is 23.2 Å². The van der Waals surface area contributed by atoms with Gasteiger partial charge in [0.05, 0.1) is 23.5 Å². The minimum absolute atomic E-state index is 0.0437. The number of hydrogen-bond acceptors (Lipinski definition) is 8. The Morgan fingerprint density at radius 1 is 0.545 bits per heavy atom. The second-order valence-electron chi connectivity index (χ2n) is 16.3. The van der Waals surface area contributed by atoms with E-state index in [1.54, 1.807) is 36.7 Å². The Bertz CT molecular complexity index is 2220. The zero-order valence-electron chi connectivity index (χ0n) is 36.6. The van der Waals surface area contributed by atoms with Gasteiger partial charge < -0.3 is 20.1 Å². The maximum atomic E-state index is 13.1. The molecule has 2 amide bonds. The first-order valence-electron chi connectivity index (χ1n) is 22.3. The van der Waals surface area contributed by atoms with Crippen molar-refractivity contribution in [3.63, 3.8) is 0 Å². The quantitative estimate of drug-likeness (QED) is 0.0989. The molecular weight excluding hydrogens is 882 g/mol. The molecule has 4 aromatic carbocycles. The molecule has 0 saturated carbocycles.